The summed E-state index contributed by atoms with van der Waals surface area (Å²) in [4.78, 5) is 2.52. The molecule has 0 heterocycles. The number of sulfonamides is 1. The molecule has 1 rings (SSSR count). The number of anilines is 1. The second-order valence-electron chi connectivity index (χ2n) is 3.16. The Balaban J connectivity index is 2.96. The van der Waals surface area contributed by atoms with E-state index in [1.165, 1.54) is 17.1 Å². The van der Waals surface area contributed by atoms with Crippen LogP contribution >= 0.6 is 0 Å². The first-order valence-corrected chi connectivity index (χ1v) is 5.70. The molecule has 1 aromatic rings. The summed E-state index contributed by atoms with van der Waals surface area (Å²) in [7, 11) is -0.268. The van der Waals surface area contributed by atoms with E-state index in [9.17, 15) is 8.42 Å². The van der Waals surface area contributed by atoms with Gasteiger partial charge in [-0.2, -0.15) is 0 Å². The standard InChI is InChI=1S/C8H14N4O2S/c1-12(2)11-15(13,14)8-5-3-7(10-9)4-6-8/h3-6,10-11H,9H2,1-2H3. The van der Waals surface area contributed by atoms with E-state index >= 15 is 0 Å². The van der Waals surface area contributed by atoms with Crippen LogP contribution in [0.15, 0.2) is 29.2 Å². The monoisotopic (exact) mass is 230 g/mol. The number of rotatable bonds is 4. The van der Waals surface area contributed by atoms with E-state index in [-0.39, 0.29) is 4.90 Å². The van der Waals surface area contributed by atoms with E-state index in [2.05, 4.69) is 10.3 Å². The molecule has 84 valence electrons. The Morgan fingerprint density at radius 2 is 1.73 bits per heavy atom. The molecular formula is C8H14N4O2S. The van der Waals surface area contributed by atoms with E-state index in [1.54, 1.807) is 26.2 Å². The molecule has 0 spiro atoms. The van der Waals surface area contributed by atoms with Crippen molar-refractivity contribution in [2.45, 2.75) is 4.90 Å². The Kier molecular flexibility index (Phi) is 3.64. The molecular weight excluding hydrogens is 216 g/mol. The van der Waals surface area contributed by atoms with Crippen molar-refractivity contribution in [2.24, 2.45) is 5.84 Å². The topological polar surface area (TPSA) is 87.5 Å². The number of hydrogen-bond donors (Lipinski definition) is 3. The van der Waals surface area contributed by atoms with Crippen LogP contribution < -0.4 is 16.1 Å². The molecule has 0 aliphatic carbocycles. The van der Waals surface area contributed by atoms with Gasteiger partial charge in [0.25, 0.3) is 10.0 Å². The van der Waals surface area contributed by atoms with Gasteiger partial charge in [-0.1, -0.05) is 0 Å². The van der Waals surface area contributed by atoms with Crippen molar-refractivity contribution in [3.63, 3.8) is 0 Å². The normalized spacial score (nSPS) is 11.7. The van der Waals surface area contributed by atoms with Gasteiger partial charge in [-0.25, -0.2) is 13.4 Å². The van der Waals surface area contributed by atoms with Crippen LogP contribution in [0.2, 0.25) is 0 Å². The number of nitrogens with two attached hydrogens (primary N) is 1. The second-order valence-corrected chi connectivity index (χ2v) is 4.82. The van der Waals surface area contributed by atoms with Crippen LogP contribution in [0.3, 0.4) is 0 Å². The lowest BCUT2D eigenvalue weighted by molar-refractivity contribution is 0.364. The molecule has 0 radical (unpaired) electrons. The largest absolute Gasteiger partial charge is 0.324 e. The van der Waals surface area contributed by atoms with E-state index in [0.29, 0.717) is 5.69 Å². The Morgan fingerprint density at radius 1 is 1.20 bits per heavy atom. The Hall–Kier alpha value is -1.15. The third-order valence-corrected chi connectivity index (χ3v) is 3.13. The van der Waals surface area contributed by atoms with Gasteiger partial charge < -0.3 is 5.43 Å². The average Bonchev–Trinajstić information content (AvgIpc) is 2.16. The maximum Gasteiger partial charge on any atom is 0.253 e. The highest BCUT2D eigenvalue weighted by atomic mass is 32.2. The minimum Gasteiger partial charge on any atom is -0.324 e. The Morgan fingerprint density at radius 3 is 2.13 bits per heavy atom. The molecule has 4 N–H and O–H groups in total. The highest BCUT2D eigenvalue weighted by Gasteiger charge is 2.13. The first-order chi connectivity index (χ1) is 6.95. The zero-order valence-electron chi connectivity index (χ0n) is 8.56. The number of benzene rings is 1. The third kappa shape index (κ3) is 3.17. The average molecular weight is 230 g/mol. The summed E-state index contributed by atoms with van der Waals surface area (Å²) < 4.78 is 23.3. The Bertz CT molecular complexity index is 413. The molecule has 0 bridgehead atoms. The highest BCUT2D eigenvalue weighted by Crippen LogP contribution is 2.12. The SMILES string of the molecule is CN(C)NS(=O)(=O)c1ccc(NN)cc1. The molecule has 0 saturated carbocycles. The van der Waals surface area contributed by atoms with Crippen molar-refractivity contribution in [1.29, 1.82) is 0 Å². The molecule has 15 heavy (non-hydrogen) atoms. The lowest BCUT2D eigenvalue weighted by Crippen LogP contribution is -2.36. The summed E-state index contributed by atoms with van der Waals surface area (Å²) in [5.41, 5.74) is 3.07. The summed E-state index contributed by atoms with van der Waals surface area (Å²) >= 11 is 0. The van der Waals surface area contributed by atoms with Gasteiger partial charge in [-0.15, -0.1) is 4.83 Å². The number of nitrogen functional groups attached to an aromatic ring is 1. The smallest absolute Gasteiger partial charge is 0.253 e. The van der Waals surface area contributed by atoms with Crippen molar-refractivity contribution >= 4 is 15.7 Å². The van der Waals surface area contributed by atoms with Crippen LogP contribution in [0.25, 0.3) is 0 Å². The lowest BCUT2D eigenvalue weighted by atomic mass is 10.3. The minimum absolute atomic E-state index is 0.190. The zero-order chi connectivity index (χ0) is 11.5. The molecule has 0 aliphatic rings. The van der Waals surface area contributed by atoms with Crippen molar-refractivity contribution in [3.8, 4) is 0 Å². The minimum atomic E-state index is -3.48. The Labute approximate surface area is 89.1 Å². The summed E-state index contributed by atoms with van der Waals surface area (Å²) in [6.45, 7) is 0. The van der Waals surface area contributed by atoms with Crippen LogP contribution in [0, 0.1) is 0 Å². The lowest BCUT2D eigenvalue weighted by Gasteiger charge is -2.12. The van der Waals surface area contributed by atoms with Crippen molar-refractivity contribution in [3.05, 3.63) is 24.3 Å². The van der Waals surface area contributed by atoms with Gasteiger partial charge in [-0.3, -0.25) is 5.84 Å². The molecule has 0 aliphatic heterocycles. The number of nitrogens with zero attached hydrogens (tertiary/aromatic N) is 1. The molecule has 0 fully saturated rings. The molecule has 0 aromatic heterocycles. The van der Waals surface area contributed by atoms with Gasteiger partial charge in [0.2, 0.25) is 0 Å². The molecule has 6 nitrogen and oxygen atoms in total. The van der Waals surface area contributed by atoms with E-state index in [4.69, 9.17) is 5.84 Å². The molecule has 0 atom stereocenters. The van der Waals surface area contributed by atoms with Gasteiger partial charge in [-0.05, 0) is 24.3 Å². The predicted octanol–water partition coefficient (Wildman–Crippen LogP) is -0.273. The zero-order valence-corrected chi connectivity index (χ0v) is 9.38. The van der Waals surface area contributed by atoms with Gasteiger partial charge in [0, 0.05) is 19.8 Å². The van der Waals surface area contributed by atoms with Gasteiger partial charge in [0.15, 0.2) is 0 Å². The van der Waals surface area contributed by atoms with E-state index in [1.807, 2.05) is 0 Å². The van der Waals surface area contributed by atoms with Crippen LogP contribution in [0.5, 0.6) is 0 Å². The number of nitrogens with one attached hydrogen (secondary N) is 2. The van der Waals surface area contributed by atoms with Gasteiger partial charge >= 0.3 is 0 Å². The summed E-state index contributed by atoms with van der Waals surface area (Å²) in [5, 5.41) is 1.37. The van der Waals surface area contributed by atoms with Crippen molar-refractivity contribution in [2.75, 3.05) is 19.5 Å². The van der Waals surface area contributed by atoms with E-state index in [0.717, 1.165) is 0 Å². The first kappa shape index (κ1) is 11.9. The quantitative estimate of drug-likeness (QED) is 0.489. The first-order valence-electron chi connectivity index (χ1n) is 4.22. The fourth-order valence-electron chi connectivity index (χ4n) is 1.02. The molecule has 0 amide bonds. The molecule has 0 unspecified atom stereocenters. The van der Waals surface area contributed by atoms with Crippen LogP contribution in [0.4, 0.5) is 5.69 Å². The fraction of sp³-hybridized carbons (Fsp3) is 0.250. The molecule has 1 aromatic carbocycles. The maximum absolute atomic E-state index is 11.6. The van der Waals surface area contributed by atoms with Crippen molar-refractivity contribution in [1.82, 2.24) is 9.84 Å². The molecule has 0 saturated heterocycles. The third-order valence-electron chi connectivity index (χ3n) is 1.63. The van der Waals surface area contributed by atoms with Crippen molar-refractivity contribution < 1.29 is 8.42 Å². The molecule has 7 heteroatoms. The van der Waals surface area contributed by atoms with Crippen LogP contribution in [-0.2, 0) is 10.0 Å². The van der Waals surface area contributed by atoms with Crippen LogP contribution in [-0.4, -0.2) is 27.5 Å². The predicted molar refractivity (Wildman–Crippen MR) is 58.3 cm³/mol. The number of hydrogen-bond acceptors (Lipinski definition) is 5. The number of hydrazine groups is 2. The fourth-order valence-corrected chi connectivity index (χ4v) is 2.10. The second kappa shape index (κ2) is 4.58. The summed E-state index contributed by atoms with van der Waals surface area (Å²) in [6.07, 6.45) is 0. The summed E-state index contributed by atoms with van der Waals surface area (Å²) in [6, 6.07) is 6.12. The summed E-state index contributed by atoms with van der Waals surface area (Å²) in [5.74, 6) is 5.17. The van der Waals surface area contributed by atoms with Gasteiger partial charge in [0.1, 0.15) is 0 Å². The van der Waals surface area contributed by atoms with E-state index < -0.39 is 10.0 Å². The van der Waals surface area contributed by atoms with Gasteiger partial charge in [0.05, 0.1) is 4.90 Å². The maximum atomic E-state index is 11.6. The highest BCUT2D eigenvalue weighted by molar-refractivity contribution is 7.89. The van der Waals surface area contributed by atoms with Crippen LogP contribution in [0.1, 0.15) is 0 Å².